The molecule has 1 amide bonds. The van der Waals surface area contributed by atoms with Crippen LogP contribution in [0.5, 0.6) is 5.75 Å². The monoisotopic (exact) mass is 368 g/mol. The molecule has 4 nitrogen and oxygen atoms in total. The number of likely N-dealkylation sites (tertiary alicyclic amines) is 1. The van der Waals surface area contributed by atoms with Crippen LogP contribution in [-0.2, 0) is 4.79 Å². The van der Waals surface area contributed by atoms with Gasteiger partial charge in [0.15, 0.2) is 0 Å². The first-order chi connectivity index (χ1) is 13.2. The summed E-state index contributed by atoms with van der Waals surface area (Å²) in [7, 11) is 1.67. The van der Waals surface area contributed by atoms with Gasteiger partial charge in [-0.15, -0.1) is 0 Å². The number of carbonyl (C=O) groups excluding carboxylic acids is 1. The lowest BCUT2D eigenvalue weighted by Gasteiger charge is -2.29. The smallest absolute Gasteiger partial charge is 0.244 e. The lowest BCUT2D eigenvalue weighted by atomic mass is 10.0. The molecular weight excluding hydrogens is 343 g/mol. The van der Waals surface area contributed by atoms with E-state index >= 15 is 0 Å². The number of nitrogens with one attached hydrogen (secondary N) is 1. The Kier molecular flexibility index (Phi) is 6.60. The Bertz CT molecular complexity index is 783. The Balaban J connectivity index is 1.67. The number of amides is 1. The summed E-state index contributed by atoms with van der Waals surface area (Å²) in [5.41, 5.74) is 1.87. The predicted octanol–water partition coefficient (Wildman–Crippen LogP) is 3.80. The van der Waals surface area contributed by atoms with Crippen LogP contribution in [0.1, 0.15) is 30.0 Å². The van der Waals surface area contributed by atoms with Crippen molar-refractivity contribution in [2.75, 3.05) is 26.7 Å². The number of halogens is 1. The summed E-state index contributed by atoms with van der Waals surface area (Å²) in [4.78, 5) is 14.7. The summed E-state index contributed by atoms with van der Waals surface area (Å²) in [6.07, 6.45) is 5.51. The van der Waals surface area contributed by atoms with Gasteiger partial charge < -0.3 is 10.1 Å². The van der Waals surface area contributed by atoms with Gasteiger partial charge in [0.2, 0.25) is 5.91 Å². The second-order valence-electron chi connectivity index (χ2n) is 6.63. The Morgan fingerprint density at radius 2 is 1.89 bits per heavy atom. The summed E-state index contributed by atoms with van der Waals surface area (Å²) in [6, 6.07) is 14.1. The van der Waals surface area contributed by atoms with Crippen LogP contribution in [0.4, 0.5) is 4.39 Å². The Morgan fingerprint density at radius 1 is 1.19 bits per heavy atom. The van der Waals surface area contributed by atoms with Crippen LogP contribution in [-0.4, -0.2) is 37.6 Å². The van der Waals surface area contributed by atoms with Crippen molar-refractivity contribution < 1.29 is 13.9 Å². The molecule has 0 radical (unpaired) electrons. The van der Waals surface area contributed by atoms with E-state index in [-0.39, 0.29) is 17.8 Å². The van der Waals surface area contributed by atoms with Crippen LogP contribution in [0.15, 0.2) is 54.6 Å². The molecule has 0 bridgehead atoms. The van der Waals surface area contributed by atoms with E-state index in [9.17, 15) is 9.18 Å². The number of methoxy groups -OCH3 is 1. The summed E-state index contributed by atoms with van der Waals surface area (Å²) in [5.74, 6) is 0.380. The predicted molar refractivity (Wildman–Crippen MR) is 105 cm³/mol. The van der Waals surface area contributed by atoms with Gasteiger partial charge in [-0.05, 0) is 55.8 Å². The normalized spacial score (nSPS) is 15.8. The van der Waals surface area contributed by atoms with Gasteiger partial charge in [0, 0.05) is 18.2 Å². The van der Waals surface area contributed by atoms with Crippen LogP contribution in [0.3, 0.4) is 0 Å². The highest BCUT2D eigenvalue weighted by Crippen LogP contribution is 2.31. The molecule has 1 saturated heterocycles. The number of rotatable bonds is 7. The second kappa shape index (κ2) is 9.33. The topological polar surface area (TPSA) is 41.6 Å². The molecule has 3 rings (SSSR count). The number of benzene rings is 2. The maximum absolute atomic E-state index is 12.9. The van der Waals surface area contributed by atoms with Crippen molar-refractivity contribution in [3.05, 3.63) is 71.6 Å². The molecule has 142 valence electrons. The van der Waals surface area contributed by atoms with Crippen molar-refractivity contribution >= 4 is 12.0 Å². The molecule has 1 fully saturated rings. The zero-order chi connectivity index (χ0) is 19.1. The number of hydrogen-bond donors (Lipinski definition) is 1. The summed E-state index contributed by atoms with van der Waals surface area (Å²) in [6.45, 7) is 2.54. The maximum Gasteiger partial charge on any atom is 0.244 e. The third-order valence-electron chi connectivity index (χ3n) is 4.85. The van der Waals surface area contributed by atoms with Gasteiger partial charge in [-0.25, -0.2) is 4.39 Å². The molecule has 2 aromatic rings. The van der Waals surface area contributed by atoms with Gasteiger partial charge in [-0.2, -0.15) is 0 Å². The van der Waals surface area contributed by atoms with Crippen LogP contribution < -0.4 is 10.1 Å². The number of nitrogens with zero attached hydrogens (tertiary/aromatic N) is 1. The Morgan fingerprint density at radius 3 is 2.59 bits per heavy atom. The van der Waals surface area contributed by atoms with Gasteiger partial charge in [-0.1, -0.05) is 30.3 Å². The van der Waals surface area contributed by atoms with Crippen molar-refractivity contribution in [2.45, 2.75) is 18.9 Å². The second-order valence-corrected chi connectivity index (χ2v) is 6.63. The summed E-state index contributed by atoms with van der Waals surface area (Å²) < 4.78 is 18.5. The van der Waals surface area contributed by atoms with Crippen molar-refractivity contribution in [1.29, 1.82) is 0 Å². The minimum absolute atomic E-state index is 0.0758. The van der Waals surface area contributed by atoms with E-state index in [2.05, 4.69) is 16.3 Å². The number of hydrogen-bond acceptors (Lipinski definition) is 3. The molecule has 1 unspecified atom stereocenters. The zero-order valence-electron chi connectivity index (χ0n) is 15.5. The fraction of sp³-hybridized carbons (Fsp3) is 0.318. The van der Waals surface area contributed by atoms with E-state index in [1.807, 2.05) is 18.2 Å². The van der Waals surface area contributed by atoms with E-state index < -0.39 is 0 Å². The third kappa shape index (κ3) is 5.17. The van der Waals surface area contributed by atoms with Crippen molar-refractivity contribution in [3.8, 4) is 5.75 Å². The average Bonchev–Trinajstić information content (AvgIpc) is 3.22. The van der Waals surface area contributed by atoms with Crippen LogP contribution in [0.2, 0.25) is 0 Å². The molecule has 1 atom stereocenters. The minimum Gasteiger partial charge on any atom is -0.496 e. The van der Waals surface area contributed by atoms with Gasteiger partial charge in [0.05, 0.1) is 13.2 Å². The molecule has 2 aromatic carbocycles. The fourth-order valence-electron chi connectivity index (χ4n) is 3.43. The zero-order valence-corrected chi connectivity index (χ0v) is 15.5. The van der Waals surface area contributed by atoms with E-state index in [1.165, 1.54) is 31.1 Å². The summed E-state index contributed by atoms with van der Waals surface area (Å²) in [5, 5.41) is 2.99. The van der Waals surface area contributed by atoms with Crippen LogP contribution >= 0.6 is 0 Å². The van der Waals surface area contributed by atoms with E-state index in [4.69, 9.17) is 4.74 Å². The van der Waals surface area contributed by atoms with Crippen molar-refractivity contribution in [2.24, 2.45) is 0 Å². The molecule has 0 spiro atoms. The molecule has 1 aliphatic heterocycles. The highest BCUT2D eigenvalue weighted by Gasteiger charge is 2.25. The minimum atomic E-state index is -0.290. The van der Waals surface area contributed by atoms with Crippen molar-refractivity contribution in [1.82, 2.24) is 10.2 Å². The first kappa shape index (κ1) is 19.1. The number of para-hydroxylation sites is 1. The Hall–Kier alpha value is -2.66. The first-order valence-corrected chi connectivity index (χ1v) is 9.26. The van der Waals surface area contributed by atoms with Crippen molar-refractivity contribution in [3.63, 3.8) is 0 Å². The maximum atomic E-state index is 12.9. The Labute approximate surface area is 159 Å². The molecule has 0 aliphatic carbocycles. The average molecular weight is 368 g/mol. The number of carbonyl (C=O) groups is 1. The van der Waals surface area contributed by atoms with Gasteiger partial charge in [0.1, 0.15) is 11.6 Å². The van der Waals surface area contributed by atoms with Crippen LogP contribution in [0, 0.1) is 5.82 Å². The molecule has 1 N–H and O–H groups in total. The fourth-order valence-corrected chi connectivity index (χ4v) is 3.43. The molecule has 27 heavy (non-hydrogen) atoms. The van der Waals surface area contributed by atoms with Gasteiger partial charge in [-0.3, -0.25) is 9.69 Å². The first-order valence-electron chi connectivity index (χ1n) is 9.26. The third-order valence-corrected chi connectivity index (χ3v) is 4.85. The number of ether oxygens (including phenoxy) is 1. The highest BCUT2D eigenvalue weighted by atomic mass is 19.1. The summed E-state index contributed by atoms with van der Waals surface area (Å²) >= 11 is 0. The van der Waals surface area contributed by atoms with E-state index in [0.29, 0.717) is 6.54 Å². The van der Waals surface area contributed by atoms with E-state index in [1.54, 1.807) is 25.3 Å². The lowest BCUT2D eigenvalue weighted by Crippen LogP contribution is -2.36. The van der Waals surface area contributed by atoms with Gasteiger partial charge >= 0.3 is 0 Å². The lowest BCUT2D eigenvalue weighted by molar-refractivity contribution is -0.116. The molecule has 5 heteroatoms. The quantitative estimate of drug-likeness (QED) is 0.756. The molecule has 1 heterocycles. The SMILES string of the molecule is COc1ccccc1C(CNC(=O)/C=C/c1ccc(F)cc1)N1CCCC1. The molecule has 0 aromatic heterocycles. The molecule has 1 aliphatic rings. The van der Waals surface area contributed by atoms with Crippen LogP contribution in [0.25, 0.3) is 6.08 Å². The molecular formula is C22H25FN2O2. The van der Waals surface area contributed by atoms with E-state index in [0.717, 1.165) is 30.0 Å². The largest absolute Gasteiger partial charge is 0.496 e. The molecule has 0 saturated carbocycles. The standard InChI is InChI=1S/C22H25FN2O2/c1-27-21-7-3-2-6-19(21)20(25-14-4-5-15-25)16-24-22(26)13-10-17-8-11-18(23)12-9-17/h2-3,6-13,20H,4-5,14-16H2,1H3,(H,24,26)/b13-10+. The van der Waals surface area contributed by atoms with Gasteiger partial charge in [0.25, 0.3) is 0 Å². The highest BCUT2D eigenvalue weighted by molar-refractivity contribution is 5.91.